The summed E-state index contributed by atoms with van der Waals surface area (Å²) in [4.78, 5) is 4.64. The molecular weight excluding hydrogens is 258 g/mol. The summed E-state index contributed by atoms with van der Waals surface area (Å²) in [7, 11) is 0. The second-order valence-electron chi connectivity index (χ2n) is 5.82. The van der Waals surface area contributed by atoms with Crippen molar-refractivity contribution >= 4 is 11.3 Å². The van der Waals surface area contributed by atoms with E-state index in [1.54, 1.807) is 0 Å². The Balaban J connectivity index is 1.73. The van der Waals surface area contributed by atoms with E-state index >= 15 is 0 Å². The molecule has 1 N–H and O–H groups in total. The fourth-order valence-electron chi connectivity index (χ4n) is 3.34. The summed E-state index contributed by atoms with van der Waals surface area (Å²) in [5.41, 5.74) is 6.10. The lowest BCUT2D eigenvalue weighted by molar-refractivity contribution is 0.600. The van der Waals surface area contributed by atoms with Crippen molar-refractivity contribution in [2.45, 2.75) is 32.2 Å². The number of imidazole rings is 1. The van der Waals surface area contributed by atoms with E-state index in [9.17, 15) is 0 Å². The van der Waals surface area contributed by atoms with Crippen molar-refractivity contribution in [3.8, 4) is 0 Å². The lowest BCUT2D eigenvalue weighted by atomic mass is 9.87. The third kappa shape index (κ3) is 2.19. The number of hydrogen-bond donors (Lipinski definition) is 1. The van der Waals surface area contributed by atoms with Gasteiger partial charge in [-0.2, -0.15) is 0 Å². The molecule has 0 fully saturated rings. The largest absolute Gasteiger partial charge is 0.375 e. The maximum absolute atomic E-state index is 4.64. The summed E-state index contributed by atoms with van der Waals surface area (Å²) in [6.07, 6.45) is 7.73. The first-order chi connectivity index (χ1) is 10.3. The van der Waals surface area contributed by atoms with Gasteiger partial charge in [0.2, 0.25) is 0 Å². The zero-order valence-electron chi connectivity index (χ0n) is 12.2. The lowest BCUT2D eigenvalue weighted by Crippen LogP contribution is -2.17. The Morgan fingerprint density at radius 1 is 1.19 bits per heavy atom. The number of nitrogens with zero attached hydrogens (tertiary/aromatic N) is 2. The van der Waals surface area contributed by atoms with Gasteiger partial charge >= 0.3 is 0 Å². The SMILES string of the molecule is Cc1cn2cccc(NC3CCCc4ccccc43)c2n1. The highest BCUT2D eigenvalue weighted by Crippen LogP contribution is 2.33. The topological polar surface area (TPSA) is 29.3 Å². The van der Waals surface area contributed by atoms with Crippen LogP contribution in [-0.2, 0) is 6.42 Å². The molecule has 1 unspecified atom stereocenters. The Labute approximate surface area is 124 Å². The van der Waals surface area contributed by atoms with Crippen molar-refractivity contribution in [1.29, 1.82) is 0 Å². The second-order valence-corrected chi connectivity index (χ2v) is 5.82. The highest BCUT2D eigenvalue weighted by atomic mass is 15.0. The molecule has 1 atom stereocenters. The van der Waals surface area contributed by atoms with Gasteiger partial charge in [0.05, 0.1) is 17.4 Å². The molecule has 2 aromatic heterocycles. The minimum atomic E-state index is 0.387. The van der Waals surface area contributed by atoms with E-state index in [1.807, 2.05) is 6.92 Å². The van der Waals surface area contributed by atoms with Gasteiger partial charge < -0.3 is 9.72 Å². The minimum Gasteiger partial charge on any atom is -0.375 e. The van der Waals surface area contributed by atoms with Gasteiger partial charge in [-0.05, 0) is 49.4 Å². The Morgan fingerprint density at radius 3 is 3.05 bits per heavy atom. The van der Waals surface area contributed by atoms with Gasteiger partial charge in [0.25, 0.3) is 0 Å². The molecule has 1 aliphatic carbocycles. The normalized spacial score (nSPS) is 17.7. The molecule has 2 heterocycles. The third-order valence-electron chi connectivity index (χ3n) is 4.30. The molecule has 3 heteroatoms. The highest BCUT2D eigenvalue weighted by Gasteiger charge is 2.20. The van der Waals surface area contributed by atoms with E-state index < -0.39 is 0 Å². The summed E-state index contributed by atoms with van der Waals surface area (Å²) < 4.78 is 2.09. The van der Waals surface area contributed by atoms with Crippen molar-refractivity contribution in [1.82, 2.24) is 9.38 Å². The van der Waals surface area contributed by atoms with Crippen LogP contribution in [0.5, 0.6) is 0 Å². The first-order valence-corrected chi connectivity index (χ1v) is 7.60. The predicted molar refractivity (Wildman–Crippen MR) is 85.7 cm³/mol. The van der Waals surface area contributed by atoms with Crippen molar-refractivity contribution in [3.63, 3.8) is 0 Å². The zero-order chi connectivity index (χ0) is 14.2. The van der Waals surface area contributed by atoms with Crippen molar-refractivity contribution < 1.29 is 0 Å². The summed E-state index contributed by atoms with van der Waals surface area (Å²) >= 11 is 0. The Bertz CT molecular complexity index is 788. The van der Waals surface area contributed by atoms with Crippen molar-refractivity contribution in [2.24, 2.45) is 0 Å². The molecule has 3 aromatic rings. The molecule has 0 saturated heterocycles. The summed E-state index contributed by atoms with van der Waals surface area (Å²) in [6, 6.07) is 13.4. The Morgan fingerprint density at radius 2 is 2.10 bits per heavy atom. The van der Waals surface area contributed by atoms with Crippen LogP contribution >= 0.6 is 0 Å². The molecule has 1 aromatic carbocycles. The standard InChI is InChI=1S/C18H19N3/c1-13-12-21-11-5-10-17(18(21)19-13)20-16-9-4-7-14-6-2-3-8-15(14)16/h2-3,5-6,8,10-12,16,20H,4,7,9H2,1H3. The van der Waals surface area contributed by atoms with E-state index in [1.165, 1.54) is 30.4 Å². The van der Waals surface area contributed by atoms with Crippen LogP contribution in [0.3, 0.4) is 0 Å². The Hall–Kier alpha value is -2.29. The lowest BCUT2D eigenvalue weighted by Gasteiger charge is -2.27. The number of fused-ring (bicyclic) bond motifs is 2. The van der Waals surface area contributed by atoms with E-state index in [2.05, 4.69) is 63.5 Å². The van der Waals surface area contributed by atoms with E-state index in [4.69, 9.17) is 0 Å². The van der Waals surface area contributed by atoms with Gasteiger partial charge in [0.15, 0.2) is 5.65 Å². The smallest absolute Gasteiger partial charge is 0.160 e. The predicted octanol–water partition coefficient (Wildman–Crippen LogP) is 4.13. The molecule has 21 heavy (non-hydrogen) atoms. The van der Waals surface area contributed by atoms with Crippen LogP contribution in [0.1, 0.15) is 35.7 Å². The van der Waals surface area contributed by atoms with E-state index in [-0.39, 0.29) is 0 Å². The van der Waals surface area contributed by atoms with Crippen LogP contribution in [-0.4, -0.2) is 9.38 Å². The van der Waals surface area contributed by atoms with Gasteiger partial charge in [0.1, 0.15) is 0 Å². The maximum Gasteiger partial charge on any atom is 0.160 e. The fraction of sp³-hybridized carbons (Fsp3) is 0.278. The van der Waals surface area contributed by atoms with Gasteiger partial charge in [0, 0.05) is 12.4 Å². The number of rotatable bonds is 2. The quantitative estimate of drug-likeness (QED) is 0.763. The van der Waals surface area contributed by atoms with Gasteiger partial charge in [-0.15, -0.1) is 0 Å². The molecule has 106 valence electrons. The van der Waals surface area contributed by atoms with Gasteiger partial charge in [-0.1, -0.05) is 24.3 Å². The van der Waals surface area contributed by atoms with Crippen molar-refractivity contribution in [2.75, 3.05) is 5.32 Å². The molecule has 3 nitrogen and oxygen atoms in total. The van der Waals surface area contributed by atoms with Crippen LogP contribution in [0.15, 0.2) is 48.8 Å². The van der Waals surface area contributed by atoms with Crippen molar-refractivity contribution in [3.05, 3.63) is 65.6 Å². The minimum absolute atomic E-state index is 0.387. The number of aromatic nitrogens is 2. The highest BCUT2D eigenvalue weighted by molar-refractivity contribution is 5.68. The fourth-order valence-corrected chi connectivity index (χ4v) is 3.34. The second kappa shape index (κ2) is 4.92. The third-order valence-corrected chi connectivity index (χ3v) is 4.30. The number of anilines is 1. The number of benzene rings is 1. The molecule has 1 aliphatic rings. The average Bonchev–Trinajstić information content (AvgIpc) is 2.89. The van der Waals surface area contributed by atoms with Gasteiger partial charge in [-0.25, -0.2) is 4.98 Å². The van der Waals surface area contributed by atoms with Crippen LogP contribution in [0, 0.1) is 6.92 Å². The average molecular weight is 277 g/mol. The molecule has 0 saturated carbocycles. The molecule has 0 amide bonds. The van der Waals surface area contributed by atoms with Crippen LogP contribution in [0.4, 0.5) is 5.69 Å². The molecule has 0 radical (unpaired) electrons. The summed E-state index contributed by atoms with van der Waals surface area (Å²) in [5.74, 6) is 0. The molecule has 4 rings (SSSR count). The van der Waals surface area contributed by atoms with Crippen LogP contribution < -0.4 is 5.32 Å². The number of nitrogens with one attached hydrogen (secondary N) is 1. The van der Waals surface area contributed by atoms with Gasteiger partial charge in [-0.3, -0.25) is 0 Å². The summed E-state index contributed by atoms with van der Waals surface area (Å²) in [6.45, 7) is 2.03. The van der Waals surface area contributed by atoms with Crippen LogP contribution in [0.25, 0.3) is 5.65 Å². The first kappa shape index (κ1) is 12.5. The van der Waals surface area contributed by atoms with E-state index in [0.717, 1.165) is 17.0 Å². The molecular formula is C18H19N3. The number of hydrogen-bond acceptors (Lipinski definition) is 2. The monoisotopic (exact) mass is 277 g/mol. The van der Waals surface area contributed by atoms with E-state index in [0.29, 0.717) is 6.04 Å². The maximum atomic E-state index is 4.64. The molecule has 0 aliphatic heterocycles. The summed E-state index contributed by atoms with van der Waals surface area (Å²) in [5, 5.41) is 3.71. The first-order valence-electron chi connectivity index (χ1n) is 7.60. The number of pyridine rings is 1. The molecule has 0 spiro atoms. The number of aryl methyl sites for hydroxylation is 2. The Kier molecular flexibility index (Phi) is 2.92. The molecule has 0 bridgehead atoms. The van der Waals surface area contributed by atoms with Crippen LogP contribution in [0.2, 0.25) is 0 Å². The zero-order valence-corrected chi connectivity index (χ0v) is 12.2.